The molecule has 0 unspecified atom stereocenters. The molecule has 0 atom stereocenters. The molecule has 0 fully saturated rings. The Labute approximate surface area is 106 Å². The molecule has 0 bridgehead atoms. The van der Waals surface area contributed by atoms with Gasteiger partial charge in [0.05, 0.1) is 30.4 Å². The van der Waals surface area contributed by atoms with Crippen LogP contribution < -0.4 is 4.74 Å². The van der Waals surface area contributed by atoms with E-state index in [9.17, 15) is 0 Å². The average Bonchev–Trinajstić information content (AvgIpc) is 2.40. The van der Waals surface area contributed by atoms with Crippen molar-refractivity contribution < 1.29 is 9.94 Å². The van der Waals surface area contributed by atoms with E-state index in [0.29, 0.717) is 17.1 Å². The fourth-order valence-electron chi connectivity index (χ4n) is 1.41. The molecule has 2 heterocycles. The van der Waals surface area contributed by atoms with Gasteiger partial charge in [0.1, 0.15) is 5.75 Å². The van der Waals surface area contributed by atoms with Crippen LogP contribution in [0.4, 0.5) is 0 Å². The summed E-state index contributed by atoms with van der Waals surface area (Å²) in [5.41, 5.74) is 1.91. The summed E-state index contributed by atoms with van der Waals surface area (Å²) >= 11 is 0. The molecule has 2 aromatic heterocycles. The molecule has 0 saturated carbocycles. The van der Waals surface area contributed by atoms with Gasteiger partial charge in [0.25, 0.3) is 0 Å². The monoisotopic (exact) mass is 245 g/mol. The Bertz CT molecular complexity index is 527. The summed E-state index contributed by atoms with van der Waals surface area (Å²) < 4.78 is 5.15. The minimum atomic E-state index is 0. The maximum absolute atomic E-state index is 8.52. The van der Waals surface area contributed by atoms with Gasteiger partial charge in [-0.2, -0.15) is 0 Å². The van der Waals surface area contributed by atoms with Crippen LogP contribution in [0.2, 0.25) is 0 Å². The largest absolute Gasteiger partial charge is 0.497 e. The number of pyridine rings is 2. The summed E-state index contributed by atoms with van der Waals surface area (Å²) in [6, 6.07) is 9.01. The molecule has 94 valence electrons. The van der Waals surface area contributed by atoms with Gasteiger partial charge in [-0.15, -0.1) is 0 Å². The number of oxime groups is 1. The number of hydrogen-bond donors (Lipinski definition) is 1. The van der Waals surface area contributed by atoms with Crippen molar-refractivity contribution in [1.82, 2.24) is 9.97 Å². The van der Waals surface area contributed by atoms with Gasteiger partial charge in [0.2, 0.25) is 0 Å². The van der Waals surface area contributed by atoms with Crippen molar-refractivity contribution in [1.29, 1.82) is 0 Å². The number of aromatic nitrogens is 2. The highest BCUT2D eigenvalue weighted by Gasteiger charge is 2.05. The van der Waals surface area contributed by atoms with Crippen LogP contribution in [-0.4, -0.2) is 28.5 Å². The lowest BCUT2D eigenvalue weighted by atomic mass is 10.2. The SMILES string of the molecule is C.COc1cc(/C=N/O)nc(-c2ccccn2)c1. The van der Waals surface area contributed by atoms with Crippen LogP contribution in [0.1, 0.15) is 13.1 Å². The highest BCUT2D eigenvalue weighted by atomic mass is 16.5. The second-order valence-electron chi connectivity index (χ2n) is 3.28. The third-order valence-electron chi connectivity index (χ3n) is 2.17. The molecule has 0 radical (unpaired) electrons. The molecule has 5 heteroatoms. The van der Waals surface area contributed by atoms with Crippen LogP contribution in [0, 0.1) is 0 Å². The Morgan fingerprint density at radius 3 is 2.72 bits per heavy atom. The van der Waals surface area contributed by atoms with Gasteiger partial charge in [0, 0.05) is 18.3 Å². The molecule has 0 aliphatic carbocycles. The fraction of sp³-hybridized carbons (Fsp3) is 0.154. The van der Waals surface area contributed by atoms with E-state index in [1.54, 1.807) is 25.4 Å². The molecule has 2 rings (SSSR count). The predicted molar refractivity (Wildman–Crippen MR) is 70.1 cm³/mol. The van der Waals surface area contributed by atoms with Gasteiger partial charge in [-0.25, -0.2) is 4.98 Å². The zero-order chi connectivity index (χ0) is 12.1. The third kappa shape index (κ3) is 3.04. The minimum Gasteiger partial charge on any atom is -0.497 e. The second-order valence-corrected chi connectivity index (χ2v) is 3.28. The van der Waals surface area contributed by atoms with Crippen molar-refractivity contribution in [2.75, 3.05) is 7.11 Å². The molecule has 0 aliphatic rings. The Morgan fingerprint density at radius 2 is 2.11 bits per heavy atom. The number of nitrogens with zero attached hydrogens (tertiary/aromatic N) is 3. The van der Waals surface area contributed by atoms with Crippen molar-refractivity contribution in [2.24, 2.45) is 5.16 Å². The van der Waals surface area contributed by atoms with Crippen LogP contribution in [0.3, 0.4) is 0 Å². The first kappa shape index (κ1) is 13.6. The maximum atomic E-state index is 8.52. The van der Waals surface area contributed by atoms with Gasteiger partial charge in [-0.3, -0.25) is 4.98 Å². The normalized spacial score (nSPS) is 10.1. The van der Waals surface area contributed by atoms with E-state index in [1.807, 2.05) is 18.2 Å². The zero-order valence-electron chi connectivity index (χ0n) is 9.24. The van der Waals surface area contributed by atoms with Gasteiger partial charge >= 0.3 is 0 Å². The Balaban J connectivity index is 0.00000162. The highest BCUT2D eigenvalue weighted by molar-refractivity contribution is 5.78. The van der Waals surface area contributed by atoms with Crippen molar-refractivity contribution in [2.45, 2.75) is 7.43 Å². The van der Waals surface area contributed by atoms with Crippen molar-refractivity contribution in [3.63, 3.8) is 0 Å². The van der Waals surface area contributed by atoms with Gasteiger partial charge in [-0.05, 0) is 12.1 Å². The van der Waals surface area contributed by atoms with E-state index < -0.39 is 0 Å². The summed E-state index contributed by atoms with van der Waals surface area (Å²) in [6.45, 7) is 0. The average molecular weight is 245 g/mol. The Morgan fingerprint density at radius 1 is 1.28 bits per heavy atom. The Kier molecular flexibility index (Phi) is 4.80. The first-order valence-electron chi connectivity index (χ1n) is 4.98. The molecule has 5 nitrogen and oxygen atoms in total. The highest BCUT2D eigenvalue weighted by Crippen LogP contribution is 2.20. The molecule has 1 N–H and O–H groups in total. The van der Waals surface area contributed by atoms with Gasteiger partial charge in [-0.1, -0.05) is 18.6 Å². The van der Waals surface area contributed by atoms with Crippen LogP contribution in [0.5, 0.6) is 5.75 Å². The third-order valence-corrected chi connectivity index (χ3v) is 2.17. The molecular weight excluding hydrogens is 230 g/mol. The lowest BCUT2D eigenvalue weighted by Crippen LogP contribution is -1.95. The molecule has 0 aromatic carbocycles. The smallest absolute Gasteiger partial charge is 0.123 e. The van der Waals surface area contributed by atoms with E-state index >= 15 is 0 Å². The number of ether oxygens (including phenoxy) is 1. The number of hydrogen-bond acceptors (Lipinski definition) is 5. The van der Waals surface area contributed by atoms with Crippen LogP contribution in [0.15, 0.2) is 41.7 Å². The molecular formula is C13H15N3O2. The number of methoxy groups -OCH3 is 1. The molecule has 0 amide bonds. The lowest BCUT2D eigenvalue weighted by Gasteiger charge is -2.05. The second kappa shape index (κ2) is 6.34. The van der Waals surface area contributed by atoms with E-state index in [4.69, 9.17) is 9.94 Å². The molecule has 0 aliphatic heterocycles. The predicted octanol–water partition coefficient (Wildman–Crippen LogP) is 2.60. The van der Waals surface area contributed by atoms with E-state index in [-0.39, 0.29) is 7.43 Å². The molecule has 18 heavy (non-hydrogen) atoms. The summed E-state index contributed by atoms with van der Waals surface area (Å²) in [5, 5.41) is 11.5. The quantitative estimate of drug-likeness (QED) is 0.512. The number of rotatable bonds is 3. The van der Waals surface area contributed by atoms with Gasteiger partial charge < -0.3 is 9.94 Å². The Hall–Kier alpha value is -2.43. The maximum Gasteiger partial charge on any atom is 0.123 e. The minimum absolute atomic E-state index is 0. The molecule has 0 spiro atoms. The van der Waals surface area contributed by atoms with Crippen molar-refractivity contribution in [3.8, 4) is 17.1 Å². The summed E-state index contributed by atoms with van der Waals surface area (Å²) in [4.78, 5) is 8.49. The summed E-state index contributed by atoms with van der Waals surface area (Å²) in [5.74, 6) is 0.635. The topological polar surface area (TPSA) is 67.6 Å². The molecule has 2 aromatic rings. The van der Waals surface area contributed by atoms with Gasteiger partial charge in [0.15, 0.2) is 0 Å². The lowest BCUT2D eigenvalue weighted by molar-refractivity contribution is 0.321. The van der Waals surface area contributed by atoms with E-state index in [2.05, 4.69) is 15.1 Å². The zero-order valence-corrected chi connectivity index (χ0v) is 9.24. The van der Waals surface area contributed by atoms with Crippen LogP contribution in [-0.2, 0) is 0 Å². The summed E-state index contributed by atoms with van der Waals surface area (Å²) in [7, 11) is 1.57. The van der Waals surface area contributed by atoms with Crippen molar-refractivity contribution in [3.05, 3.63) is 42.2 Å². The van der Waals surface area contributed by atoms with E-state index in [0.717, 1.165) is 5.69 Å². The summed E-state index contributed by atoms with van der Waals surface area (Å²) in [6.07, 6.45) is 2.94. The van der Waals surface area contributed by atoms with E-state index in [1.165, 1.54) is 6.21 Å². The standard InChI is InChI=1S/C12H11N3O2.CH4/c1-17-10-6-9(8-14-16)15-12(7-10)11-4-2-3-5-13-11;/h2-8,16H,1H3;1H4/b14-8+;. The fourth-order valence-corrected chi connectivity index (χ4v) is 1.41. The molecule has 0 saturated heterocycles. The van der Waals surface area contributed by atoms with Crippen molar-refractivity contribution >= 4 is 6.21 Å². The van der Waals surface area contributed by atoms with Crippen LogP contribution in [0.25, 0.3) is 11.4 Å². The first-order valence-corrected chi connectivity index (χ1v) is 4.98. The van der Waals surface area contributed by atoms with Crippen LogP contribution >= 0.6 is 0 Å². The first-order chi connectivity index (χ1) is 8.33.